The van der Waals surface area contributed by atoms with Crippen molar-refractivity contribution in [3.63, 3.8) is 0 Å². The lowest BCUT2D eigenvalue weighted by Crippen LogP contribution is -2.14. The molecule has 0 amide bonds. The smallest absolute Gasteiger partial charge is 0.197 e. The molecule has 0 atom stereocenters. The van der Waals surface area contributed by atoms with Gasteiger partial charge in [-0.05, 0) is 0 Å². The van der Waals surface area contributed by atoms with E-state index in [1.54, 1.807) is 0 Å². The Morgan fingerprint density at radius 3 is 2.60 bits per heavy atom. The molecule has 1 rings (SSSR count). The van der Waals surface area contributed by atoms with Crippen LogP contribution in [-0.4, -0.2) is 18.7 Å². The molecule has 1 aliphatic carbocycles. The molecule has 0 unspecified atom stereocenters. The minimum absolute atomic E-state index is 0.0311. The second-order valence-corrected chi connectivity index (χ2v) is 2.10. The molecule has 0 saturated heterocycles. The van der Waals surface area contributed by atoms with Gasteiger partial charge in [0.15, 0.2) is 17.3 Å². The molecule has 0 fully saturated rings. The van der Waals surface area contributed by atoms with Crippen LogP contribution in [-0.2, 0) is 14.3 Å². The van der Waals surface area contributed by atoms with Gasteiger partial charge in [-0.25, -0.2) is 0 Å². The summed E-state index contributed by atoms with van der Waals surface area (Å²) in [6.07, 6.45) is 1.87. The lowest BCUT2D eigenvalue weighted by Gasteiger charge is -2.07. The molecule has 0 spiro atoms. The predicted molar refractivity (Wildman–Crippen MR) is 34.3 cm³/mol. The Kier molecular flexibility index (Phi) is 1.85. The summed E-state index contributed by atoms with van der Waals surface area (Å²) in [5.74, 6) is 0.0785. The molecule has 3 nitrogen and oxygen atoms in total. The number of ketones is 2. The Bertz CT molecular complexity index is 203. The summed E-state index contributed by atoms with van der Waals surface area (Å²) in [6.45, 7) is 0. The number of ether oxygens (including phenoxy) is 1. The quantitative estimate of drug-likeness (QED) is 0.531. The molecular formula is C7H8O3. The third-order valence-electron chi connectivity index (χ3n) is 1.39. The highest BCUT2D eigenvalue weighted by molar-refractivity contribution is 6.06. The minimum Gasteiger partial charge on any atom is -0.493 e. The molecular weight excluding hydrogens is 132 g/mol. The zero-order valence-corrected chi connectivity index (χ0v) is 5.72. The molecule has 54 valence electrons. The SMILES string of the molecule is COC1=CC(=O)CCC1=O. The molecule has 0 aliphatic heterocycles. The fourth-order valence-corrected chi connectivity index (χ4v) is 0.832. The van der Waals surface area contributed by atoms with Gasteiger partial charge in [-0.15, -0.1) is 0 Å². The Morgan fingerprint density at radius 1 is 1.40 bits per heavy atom. The number of Topliss-reactive ketones (excluding diaryl/α,β-unsaturated/α-hetero) is 1. The first-order valence-corrected chi connectivity index (χ1v) is 3.06. The minimum atomic E-state index is -0.0814. The van der Waals surface area contributed by atoms with Gasteiger partial charge in [-0.3, -0.25) is 9.59 Å². The number of carbonyl (C=O) groups excluding carboxylic acids is 2. The van der Waals surface area contributed by atoms with Gasteiger partial charge >= 0.3 is 0 Å². The van der Waals surface area contributed by atoms with E-state index in [2.05, 4.69) is 4.74 Å². The molecule has 0 aromatic carbocycles. The maximum Gasteiger partial charge on any atom is 0.197 e. The van der Waals surface area contributed by atoms with E-state index in [-0.39, 0.29) is 17.3 Å². The monoisotopic (exact) mass is 140 g/mol. The van der Waals surface area contributed by atoms with Crippen LogP contribution in [0.15, 0.2) is 11.8 Å². The van der Waals surface area contributed by atoms with E-state index < -0.39 is 0 Å². The number of carbonyl (C=O) groups is 2. The highest BCUT2D eigenvalue weighted by atomic mass is 16.5. The Hall–Kier alpha value is -1.12. The van der Waals surface area contributed by atoms with Crippen molar-refractivity contribution in [2.45, 2.75) is 12.8 Å². The normalized spacial score (nSPS) is 18.7. The molecule has 0 aromatic rings. The largest absolute Gasteiger partial charge is 0.493 e. The van der Waals surface area contributed by atoms with E-state index in [1.165, 1.54) is 13.2 Å². The fourth-order valence-electron chi connectivity index (χ4n) is 0.832. The summed E-state index contributed by atoms with van der Waals surface area (Å²) in [7, 11) is 1.39. The first kappa shape index (κ1) is 6.99. The number of hydrogen-bond donors (Lipinski definition) is 0. The zero-order valence-electron chi connectivity index (χ0n) is 5.72. The topological polar surface area (TPSA) is 43.4 Å². The molecule has 0 bridgehead atoms. The molecule has 0 N–H and O–H groups in total. The maximum absolute atomic E-state index is 10.8. The van der Waals surface area contributed by atoms with E-state index >= 15 is 0 Å². The highest BCUT2D eigenvalue weighted by Crippen LogP contribution is 2.10. The lowest BCUT2D eigenvalue weighted by atomic mass is 10.0. The van der Waals surface area contributed by atoms with Gasteiger partial charge in [-0.2, -0.15) is 0 Å². The Morgan fingerprint density at radius 2 is 2.10 bits per heavy atom. The average molecular weight is 140 g/mol. The maximum atomic E-state index is 10.8. The van der Waals surface area contributed by atoms with E-state index in [0.717, 1.165) is 0 Å². The summed E-state index contributed by atoms with van der Waals surface area (Å²) in [4.78, 5) is 21.5. The molecule has 0 saturated carbocycles. The van der Waals surface area contributed by atoms with E-state index in [0.29, 0.717) is 12.8 Å². The van der Waals surface area contributed by atoms with Gasteiger partial charge in [-0.1, -0.05) is 0 Å². The summed E-state index contributed by atoms with van der Waals surface area (Å²) in [6, 6.07) is 0. The van der Waals surface area contributed by atoms with E-state index in [1.807, 2.05) is 0 Å². The van der Waals surface area contributed by atoms with Gasteiger partial charge in [0.25, 0.3) is 0 Å². The van der Waals surface area contributed by atoms with Gasteiger partial charge in [0.05, 0.1) is 7.11 Å². The summed E-state index contributed by atoms with van der Waals surface area (Å²) in [5.41, 5.74) is 0. The highest BCUT2D eigenvalue weighted by Gasteiger charge is 2.18. The molecule has 0 aromatic heterocycles. The second-order valence-electron chi connectivity index (χ2n) is 2.10. The van der Waals surface area contributed by atoms with Crippen molar-refractivity contribution in [1.29, 1.82) is 0 Å². The zero-order chi connectivity index (χ0) is 7.56. The number of methoxy groups -OCH3 is 1. The van der Waals surface area contributed by atoms with Crippen molar-refractivity contribution >= 4 is 11.6 Å². The van der Waals surface area contributed by atoms with Crippen LogP contribution in [0.3, 0.4) is 0 Å². The molecule has 1 aliphatic rings. The Labute approximate surface area is 58.7 Å². The summed E-state index contributed by atoms with van der Waals surface area (Å²) < 4.78 is 4.66. The van der Waals surface area contributed by atoms with Crippen LogP contribution in [0.2, 0.25) is 0 Å². The van der Waals surface area contributed by atoms with Gasteiger partial charge in [0, 0.05) is 18.9 Å². The van der Waals surface area contributed by atoms with Gasteiger partial charge in [0.2, 0.25) is 0 Å². The van der Waals surface area contributed by atoms with E-state index in [9.17, 15) is 9.59 Å². The Balaban J connectivity index is 2.82. The average Bonchev–Trinajstić information content (AvgIpc) is 1.94. The van der Waals surface area contributed by atoms with Crippen LogP contribution in [0.1, 0.15) is 12.8 Å². The van der Waals surface area contributed by atoms with Crippen molar-refractivity contribution in [3.05, 3.63) is 11.8 Å². The summed E-state index contributed by atoms with van der Waals surface area (Å²) >= 11 is 0. The van der Waals surface area contributed by atoms with Crippen LogP contribution in [0, 0.1) is 0 Å². The van der Waals surface area contributed by atoms with Crippen molar-refractivity contribution in [3.8, 4) is 0 Å². The van der Waals surface area contributed by atoms with E-state index in [4.69, 9.17) is 0 Å². The first-order chi connectivity index (χ1) is 4.74. The molecule has 0 radical (unpaired) electrons. The van der Waals surface area contributed by atoms with Crippen molar-refractivity contribution < 1.29 is 14.3 Å². The first-order valence-electron chi connectivity index (χ1n) is 3.06. The molecule has 0 heterocycles. The number of allylic oxidation sites excluding steroid dienone is 2. The molecule has 10 heavy (non-hydrogen) atoms. The lowest BCUT2D eigenvalue weighted by molar-refractivity contribution is -0.124. The third-order valence-corrected chi connectivity index (χ3v) is 1.39. The van der Waals surface area contributed by atoms with Gasteiger partial charge < -0.3 is 4.74 Å². The van der Waals surface area contributed by atoms with Crippen molar-refractivity contribution in [2.24, 2.45) is 0 Å². The van der Waals surface area contributed by atoms with Crippen LogP contribution in [0.5, 0.6) is 0 Å². The number of hydrogen-bond acceptors (Lipinski definition) is 3. The van der Waals surface area contributed by atoms with Crippen LogP contribution in [0.4, 0.5) is 0 Å². The summed E-state index contributed by atoms with van der Waals surface area (Å²) in [5, 5.41) is 0. The predicted octanol–water partition coefficient (Wildman–Crippen LogP) is 0.449. The third kappa shape index (κ3) is 1.23. The van der Waals surface area contributed by atoms with Gasteiger partial charge in [0.1, 0.15) is 0 Å². The number of rotatable bonds is 1. The van der Waals surface area contributed by atoms with Crippen molar-refractivity contribution in [2.75, 3.05) is 7.11 Å². The molecule has 3 heteroatoms. The fraction of sp³-hybridized carbons (Fsp3) is 0.429. The van der Waals surface area contributed by atoms with Crippen LogP contribution < -0.4 is 0 Å². The van der Waals surface area contributed by atoms with Crippen LogP contribution in [0.25, 0.3) is 0 Å². The standard InChI is InChI=1S/C7H8O3/c1-10-7-4-5(8)2-3-6(7)9/h4H,2-3H2,1H3. The van der Waals surface area contributed by atoms with Crippen molar-refractivity contribution in [1.82, 2.24) is 0 Å². The van der Waals surface area contributed by atoms with Crippen LogP contribution >= 0.6 is 0 Å². The second kappa shape index (κ2) is 2.64.